The maximum Gasteiger partial charge on any atom is 0.0135 e. The summed E-state index contributed by atoms with van der Waals surface area (Å²) in [5.41, 5.74) is 4.77. The van der Waals surface area contributed by atoms with Gasteiger partial charge < -0.3 is 24.8 Å². The summed E-state index contributed by atoms with van der Waals surface area (Å²) in [5, 5.41) is 0. The predicted molar refractivity (Wildman–Crippen MR) is 101 cm³/mol. The molecule has 0 saturated carbocycles. The molecule has 1 aliphatic carbocycles. The quantitative estimate of drug-likeness (QED) is 0.544. The molecule has 1 unspecified atom stereocenters. The third-order valence-electron chi connectivity index (χ3n) is 3.95. The number of rotatable bonds is 3. The van der Waals surface area contributed by atoms with Gasteiger partial charge in [-0.3, -0.25) is 0 Å². The molecule has 1 saturated heterocycles. The van der Waals surface area contributed by atoms with E-state index in [1.54, 1.807) is 5.56 Å². The number of likely N-dealkylation sites (tertiary alicyclic amines) is 1. The molecule has 1 N–H and O–H groups in total. The summed E-state index contributed by atoms with van der Waals surface area (Å²) in [6.07, 6.45) is 5.23. The molecule has 2 aliphatic rings. The van der Waals surface area contributed by atoms with E-state index in [0.29, 0.717) is 13.7 Å². The van der Waals surface area contributed by atoms with E-state index in [-0.39, 0.29) is 49.8 Å². The van der Waals surface area contributed by atoms with Gasteiger partial charge >= 0.3 is 132 Å². The third kappa shape index (κ3) is 7.40. The third-order valence-corrected chi connectivity index (χ3v) is 6.57. The van der Waals surface area contributed by atoms with Crippen molar-refractivity contribution in [1.82, 2.24) is 8.70 Å². The van der Waals surface area contributed by atoms with Crippen molar-refractivity contribution in [3.05, 3.63) is 41.5 Å². The summed E-state index contributed by atoms with van der Waals surface area (Å²) in [4.78, 5) is 2.59. The predicted octanol–water partition coefficient (Wildman–Crippen LogP) is -2.18. The number of hydrogen-bond donors (Lipinski definition) is 1. The molecule has 1 aromatic rings. The molecule has 0 aromatic heterocycles. The molecule has 2 nitrogen and oxygen atoms in total. The minimum atomic E-state index is -0.201. The Bertz CT molecular complexity index is 540. The van der Waals surface area contributed by atoms with Crippen LogP contribution < -0.4 is 28.6 Å². The van der Waals surface area contributed by atoms with Crippen LogP contribution in [-0.2, 0) is 19.4 Å². The van der Waals surface area contributed by atoms with Gasteiger partial charge in [-0.1, -0.05) is 13.1 Å². The van der Waals surface area contributed by atoms with Crippen LogP contribution in [0.15, 0.2) is 30.3 Å². The Labute approximate surface area is 178 Å². The van der Waals surface area contributed by atoms with E-state index in [9.17, 15) is 0 Å². The first kappa shape index (κ1) is 25.2. The molecule has 1 aromatic carbocycles. The minimum Gasteiger partial charge on any atom is -1.00 e. The SMILES string of the molecule is CC(C)(C)[NH][Ti+2][CH]1C=C(N2CCCC2)c2ccccc21.C[SiH2]C.[Cl-].[Cl-]. The number of benzene rings is 1. The molecule has 140 valence electrons. The second-order valence-corrected chi connectivity index (χ2v) is 10.8. The molecule has 0 bridgehead atoms. The smallest absolute Gasteiger partial charge is 0.0135 e. The van der Waals surface area contributed by atoms with Gasteiger partial charge in [0.25, 0.3) is 0 Å². The molecule has 0 radical (unpaired) electrons. The van der Waals surface area contributed by atoms with E-state index in [0.717, 1.165) is 0 Å². The van der Waals surface area contributed by atoms with E-state index >= 15 is 0 Å². The molecular formula is C19H32Cl2N2SiTi. The first-order valence-corrected chi connectivity index (χ1v) is 13.6. The standard InChI is InChI=1S/C13H14N.C4H10N.C2H8Si.2ClH.Ti/c1-2-6-12-11(5-1)7-8-13(12)14-9-3-4-10-14;1-4(2,3)5;1-3-2;;;/h1-2,5-8H,3-4,9-10H2;5H,1-3H3;3H2,1-2H3;2*1H;/q;-1;;;;+3/p-2. The number of fused-ring (bicyclic) bond motifs is 1. The second-order valence-electron chi connectivity index (χ2n) is 7.54. The van der Waals surface area contributed by atoms with Crippen molar-refractivity contribution in [3.63, 3.8) is 0 Å². The van der Waals surface area contributed by atoms with E-state index < -0.39 is 0 Å². The van der Waals surface area contributed by atoms with Gasteiger partial charge in [0.1, 0.15) is 0 Å². The molecule has 1 heterocycles. The zero-order valence-corrected chi connectivity index (χ0v) is 20.7. The second kappa shape index (κ2) is 11.8. The minimum absolute atomic E-state index is 0. The van der Waals surface area contributed by atoms with Crippen LogP contribution in [-0.4, -0.2) is 33.0 Å². The van der Waals surface area contributed by atoms with Crippen LogP contribution in [0.2, 0.25) is 13.1 Å². The zero-order valence-electron chi connectivity index (χ0n) is 16.2. The monoisotopic (exact) mass is 434 g/mol. The number of nitrogens with zero attached hydrogens (tertiary/aromatic N) is 1. The summed E-state index contributed by atoms with van der Waals surface area (Å²) in [7, 11) is 0.417. The fraction of sp³-hybridized carbons (Fsp3) is 0.579. The molecule has 1 aliphatic heterocycles. The van der Waals surface area contributed by atoms with Crippen LogP contribution in [0.4, 0.5) is 0 Å². The molecule has 0 spiro atoms. The molecule has 1 atom stereocenters. The average Bonchev–Trinajstić information content (AvgIpc) is 3.13. The van der Waals surface area contributed by atoms with Gasteiger partial charge in [-0.25, -0.2) is 0 Å². The van der Waals surface area contributed by atoms with Crippen LogP contribution in [0.3, 0.4) is 0 Å². The van der Waals surface area contributed by atoms with Crippen LogP contribution in [0.1, 0.15) is 49.0 Å². The summed E-state index contributed by atoms with van der Waals surface area (Å²) in [6.45, 7) is 13.8. The van der Waals surface area contributed by atoms with E-state index in [4.69, 9.17) is 0 Å². The molecular weight excluding hydrogens is 403 g/mol. The Kier molecular flexibility index (Phi) is 12.0. The first-order chi connectivity index (χ1) is 11.0. The molecule has 3 rings (SSSR count). The average molecular weight is 435 g/mol. The molecule has 1 fully saturated rings. The first-order valence-electron chi connectivity index (χ1n) is 9.05. The summed E-state index contributed by atoms with van der Waals surface area (Å²) >= 11 is -0.201. The maximum atomic E-state index is 3.78. The fourth-order valence-corrected chi connectivity index (χ4v) is 4.92. The largest absolute Gasteiger partial charge is 1.00 e. The van der Waals surface area contributed by atoms with Crippen LogP contribution >= 0.6 is 0 Å². The van der Waals surface area contributed by atoms with E-state index in [2.05, 4.69) is 72.9 Å². The zero-order chi connectivity index (χ0) is 16.9. The number of allylic oxidation sites excluding steroid dienone is 1. The Morgan fingerprint density at radius 1 is 1.08 bits per heavy atom. The van der Waals surface area contributed by atoms with Gasteiger partial charge in [-0.15, -0.1) is 0 Å². The van der Waals surface area contributed by atoms with Gasteiger partial charge in [0.15, 0.2) is 0 Å². The number of hydrogen-bond acceptors (Lipinski definition) is 2. The Balaban J connectivity index is 0.00000108. The van der Waals surface area contributed by atoms with Gasteiger partial charge in [-0.05, 0) is 0 Å². The van der Waals surface area contributed by atoms with Crippen molar-refractivity contribution < 1.29 is 44.2 Å². The number of halogens is 2. The maximum absolute atomic E-state index is 3.78. The molecule has 25 heavy (non-hydrogen) atoms. The van der Waals surface area contributed by atoms with Crippen molar-refractivity contribution in [2.24, 2.45) is 0 Å². The van der Waals surface area contributed by atoms with Crippen molar-refractivity contribution in [3.8, 4) is 0 Å². The van der Waals surface area contributed by atoms with Crippen molar-refractivity contribution in [1.29, 1.82) is 0 Å². The summed E-state index contributed by atoms with van der Waals surface area (Å²) in [5.74, 6) is 0. The topological polar surface area (TPSA) is 15.3 Å². The van der Waals surface area contributed by atoms with E-state index in [1.165, 1.54) is 37.2 Å². The molecule has 6 heteroatoms. The van der Waals surface area contributed by atoms with Crippen LogP contribution in [0, 0.1) is 0 Å². The van der Waals surface area contributed by atoms with Crippen molar-refractivity contribution in [2.75, 3.05) is 13.1 Å². The summed E-state index contributed by atoms with van der Waals surface area (Å²) < 4.78 is 4.42. The number of nitrogens with one attached hydrogen (secondary N) is 1. The Hall–Kier alpha value is 0.231. The fourth-order valence-electron chi connectivity index (χ4n) is 2.99. The van der Waals surface area contributed by atoms with Crippen molar-refractivity contribution in [2.45, 2.75) is 56.5 Å². The molecule has 0 amide bonds. The normalized spacial score (nSPS) is 18.0. The van der Waals surface area contributed by atoms with Gasteiger partial charge in [0.05, 0.1) is 0 Å². The Morgan fingerprint density at radius 3 is 2.20 bits per heavy atom. The van der Waals surface area contributed by atoms with Gasteiger partial charge in [-0.2, -0.15) is 0 Å². The van der Waals surface area contributed by atoms with Gasteiger partial charge in [0, 0.05) is 9.52 Å². The van der Waals surface area contributed by atoms with Crippen LogP contribution in [0.5, 0.6) is 0 Å². The summed E-state index contributed by atoms with van der Waals surface area (Å²) in [6, 6.07) is 9.01. The van der Waals surface area contributed by atoms with Crippen LogP contribution in [0.25, 0.3) is 5.70 Å². The van der Waals surface area contributed by atoms with Crippen molar-refractivity contribution >= 4 is 15.2 Å². The van der Waals surface area contributed by atoms with E-state index in [1.807, 2.05) is 0 Å². The Morgan fingerprint density at radius 2 is 1.64 bits per heavy atom. The van der Waals surface area contributed by atoms with Gasteiger partial charge in [0.2, 0.25) is 0 Å².